The van der Waals surface area contributed by atoms with Crippen molar-refractivity contribution < 1.29 is 17.3 Å². The molecule has 0 saturated carbocycles. The zero-order valence-corrected chi connectivity index (χ0v) is 29.0. The van der Waals surface area contributed by atoms with Crippen LogP contribution in [0.5, 0.6) is 0 Å². The van der Waals surface area contributed by atoms with Crippen LogP contribution in [0.3, 0.4) is 0 Å². The van der Waals surface area contributed by atoms with Gasteiger partial charge in [0.1, 0.15) is 17.8 Å². The van der Waals surface area contributed by atoms with Gasteiger partial charge < -0.3 is 14.2 Å². The van der Waals surface area contributed by atoms with Crippen LogP contribution in [0, 0.1) is 5.41 Å². The van der Waals surface area contributed by atoms with Crippen LogP contribution >= 0.6 is 0 Å². The van der Waals surface area contributed by atoms with Gasteiger partial charge in [0.15, 0.2) is 22.5 Å². The first kappa shape index (κ1) is 32.2. The Morgan fingerprint density at radius 3 is 2.51 bits per heavy atom. The monoisotopic (exact) mass is 656 g/mol. The van der Waals surface area contributed by atoms with Crippen molar-refractivity contribution in [3.8, 4) is 5.69 Å². The van der Waals surface area contributed by atoms with E-state index in [1.165, 1.54) is 0 Å². The number of aryl methyl sites for hydroxylation is 1. The second-order valence-corrected chi connectivity index (χ2v) is 18.2. The molecule has 2 unspecified atom stereocenters. The molecular formula is C31H44N8O4S2. The number of hydrogen-bond donors (Lipinski definition) is 1. The lowest BCUT2D eigenvalue weighted by Gasteiger charge is -2.43. The van der Waals surface area contributed by atoms with Crippen LogP contribution in [0.15, 0.2) is 30.9 Å². The summed E-state index contributed by atoms with van der Waals surface area (Å²) in [6.45, 7) is 15.8. The van der Waals surface area contributed by atoms with Crippen molar-refractivity contribution in [3.05, 3.63) is 36.5 Å². The van der Waals surface area contributed by atoms with Crippen LogP contribution in [0.4, 0.5) is 5.82 Å². The topological polar surface area (TPSA) is 129 Å². The largest absolute Gasteiger partial charge is 0.376 e. The molecule has 45 heavy (non-hydrogen) atoms. The lowest BCUT2D eigenvalue weighted by atomic mass is 9.73. The third-order valence-electron chi connectivity index (χ3n) is 8.87. The van der Waals surface area contributed by atoms with Crippen LogP contribution in [0.1, 0.15) is 67.0 Å². The fourth-order valence-corrected chi connectivity index (χ4v) is 7.77. The molecule has 4 aromatic rings. The van der Waals surface area contributed by atoms with E-state index < -0.39 is 26.8 Å². The number of nitrogens with zero attached hydrogens (tertiary/aromatic N) is 7. The predicted octanol–water partition coefficient (Wildman–Crippen LogP) is 4.11. The van der Waals surface area contributed by atoms with E-state index in [9.17, 15) is 8.42 Å². The Morgan fingerprint density at radius 1 is 1.09 bits per heavy atom. The molecular weight excluding hydrogens is 613 g/mol. The zero-order valence-electron chi connectivity index (χ0n) is 27.4. The fourth-order valence-electron chi connectivity index (χ4n) is 6.17. The highest BCUT2D eigenvalue weighted by Crippen LogP contribution is 2.44. The summed E-state index contributed by atoms with van der Waals surface area (Å²) in [5.41, 5.74) is 3.60. The molecule has 0 aliphatic carbocycles. The Labute approximate surface area is 269 Å². The summed E-state index contributed by atoms with van der Waals surface area (Å²) >= 11 is -1.53. The van der Waals surface area contributed by atoms with Crippen LogP contribution in [-0.4, -0.2) is 79.1 Å². The number of anilines is 1. The summed E-state index contributed by atoms with van der Waals surface area (Å²) in [4.78, 5) is 16.7. The van der Waals surface area contributed by atoms with Crippen molar-refractivity contribution in [1.82, 2.24) is 34.0 Å². The van der Waals surface area contributed by atoms with E-state index in [-0.39, 0.29) is 28.9 Å². The molecule has 4 aromatic heterocycles. The van der Waals surface area contributed by atoms with E-state index >= 15 is 0 Å². The molecule has 6 heterocycles. The summed E-state index contributed by atoms with van der Waals surface area (Å²) in [5.74, 6) is 0.708. The van der Waals surface area contributed by atoms with Crippen molar-refractivity contribution in [2.45, 2.75) is 89.6 Å². The first-order chi connectivity index (χ1) is 21.2. The summed E-state index contributed by atoms with van der Waals surface area (Å²) < 4.78 is 44.4. The van der Waals surface area contributed by atoms with Gasteiger partial charge in [-0.1, -0.05) is 0 Å². The zero-order chi connectivity index (χ0) is 32.3. The van der Waals surface area contributed by atoms with Crippen LogP contribution < -0.4 is 9.62 Å². The summed E-state index contributed by atoms with van der Waals surface area (Å²) in [7, 11) is 0.775. The second-order valence-electron chi connectivity index (χ2n) is 14.2. The minimum absolute atomic E-state index is 0.0144. The average Bonchev–Trinajstić information content (AvgIpc) is 3.64. The normalized spacial score (nSPS) is 22.1. The van der Waals surface area contributed by atoms with Gasteiger partial charge in [0.2, 0.25) is 0 Å². The van der Waals surface area contributed by atoms with Crippen molar-refractivity contribution in [1.29, 1.82) is 0 Å². The molecule has 2 aliphatic heterocycles. The molecule has 0 bridgehead atoms. The molecule has 2 fully saturated rings. The predicted molar refractivity (Wildman–Crippen MR) is 178 cm³/mol. The van der Waals surface area contributed by atoms with Gasteiger partial charge in [0, 0.05) is 43.3 Å². The number of hydrogen-bond acceptors (Lipinski definition) is 9. The second kappa shape index (κ2) is 11.8. The third kappa shape index (κ3) is 6.07. The Morgan fingerprint density at radius 2 is 1.82 bits per heavy atom. The number of pyridine rings is 1. The van der Waals surface area contributed by atoms with Gasteiger partial charge in [-0.05, 0) is 67.4 Å². The van der Waals surface area contributed by atoms with Crippen molar-refractivity contribution in [3.63, 3.8) is 0 Å². The van der Waals surface area contributed by atoms with Crippen molar-refractivity contribution in [2.75, 3.05) is 24.6 Å². The maximum absolute atomic E-state index is 13.1. The first-order valence-electron chi connectivity index (χ1n) is 15.4. The minimum Gasteiger partial charge on any atom is -0.376 e. The highest BCUT2D eigenvalue weighted by atomic mass is 32.2. The van der Waals surface area contributed by atoms with Gasteiger partial charge >= 0.3 is 0 Å². The molecule has 0 aromatic carbocycles. The maximum atomic E-state index is 13.1. The number of nitrogens with one attached hydrogen (secondary N) is 1. The third-order valence-corrected chi connectivity index (χ3v) is 11.8. The van der Waals surface area contributed by atoms with E-state index in [1.54, 1.807) is 17.1 Å². The highest BCUT2D eigenvalue weighted by Gasteiger charge is 2.51. The van der Waals surface area contributed by atoms with Crippen LogP contribution in [-0.2, 0) is 44.6 Å². The summed E-state index contributed by atoms with van der Waals surface area (Å²) in [6.07, 6.45) is 8.99. The van der Waals surface area contributed by atoms with E-state index in [2.05, 4.69) is 21.5 Å². The SMILES string of the molecule is C[C@@H]1OCC2(CCN(c3nc4cnn(-c5cn(C)c6cnccc56)c4nc3COS(=O)C(C)(C)C)CC2)[C@@H]1NS(=O)C(C)(C)C. The number of rotatable bonds is 7. The molecule has 1 N–H and O–H groups in total. The molecule has 1 spiro atoms. The van der Waals surface area contributed by atoms with Gasteiger partial charge in [-0.3, -0.25) is 9.17 Å². The number of fused-ring (bicyclic) bond motifs is 2. The summed E-state index contributed by atoms with van der Waals surface area (Å²) in [6, 6.07) is 1.95. The Kier molecular flexibility index (Phi) is 8.43. The molecule has 0 amide bonds. The molecule has 2 aliphatic rings. The smallest absolute Gasteiger partial charge is 0.182 e. The molecule has 6 rings (SSSR count). The van der Waals surface area contributed by atoms with Crippen molar-refractivity contribution >= 4 is 50.0 Å². The fraction of sp³-hybridized carbons (Fsp3) is 0.613. The Hall–Kier alpha value is -2.78. The van der Waals surface area contributed by atoms with Crippen LogP contribution in [0.25, 0.3) is 27.8 Å². The van der Waals surface area contributed by atoms with Gasteiger partial charge in [0.05, 0.1) is 62.8 Å². The average molecular weight is 657 g/mol. The van der Waals surface area contributed by atoms with Crippen LogP contribution in [0.2, 0.25) is 0 Å². The molecule has 2 saturated heterocycles. The van der Waals surface area contributed by atoms with Gasteiger partial charge in [-0.25, -0.2) is 27.8 Å². The van der Waals surface area contributed by atoms with E-state index in [4.69, 9.17) is 24.0 Å². The maximum Gasteiger partial charge on any atom is 0.182 e. The van der Waals surface area contributed by atoms with Gasteiger partial charge in [-0.15, -0.1) is 0 Å². The first-order valence-corrected chi connectivity index (χ1v) is 17.6. The van der Waals surface area contributed by atoms with Crippen molar-refractivity contribution in [2.24, 2.45) is 12.5 Å². The molecule has 244 valence electrons. The molecule has 4 atom stereocenters. The molecule has 0 radical (unpaired) electrons. The number of aromatic nitrogens is 6. The molecule has 12 nitrogen and oxygen atoms in total. The minimum atomic E-state index is -1.53. The van der Waals surface area contributed by atoms with E-state index in [0.29, 0.717) is 29.3 Å². The summed E-state index contributed by atoms with van der Waals surface area (Å²) in [5, 5.41) is 5.70. The Bertz CT molecular complexity index is 1760. The van der Waals surface area contributed by atoms with E-state index in [1.807, 2.05) is 71.6 Å². The molecule has 14 heteroatoms. The standard InChI is InChI=1S/C31H44N8O4S2/c1-20-26(36-44(40)29(2,3)4)31(19-42-20)10-13-38(14-11-31)27-23(18-43-45(41)30(5,6)7)35-28-22(34-27)15-33-39(28)25-17-37(8)24-16-32-12-9-21(24)25/h9,12,15-17,20,26,36H,10-11,13-14,18-19H2,1-8H3/t20-,26+,44?,45?/m0/s1. The van der Waals surface area contributed by atoms with Gasteiger partial charge in [-0.2, -0.15) is 5.10 Å². The number of piperidine rings is 1. The lowest BCUT2D eigenvalue weighted by molar-refractivity contribution is 0.0973. The quantitative estimate of drug-likeness (QED) is 0.313. The van der Waals surface area contributed by atoms with E-state index in [0.717, 1.165) is 42.5 Å². The van der Waals surface area contributed by atoms with Gasteiger partial charge in [0.25, 0.3) is 0 Å². The lowest BCUT2D eigenvalue weighted by Crippen LogP contribution is -2.55. The highest BCUT2D eigenvalue weighted by molar-refractivity contribution is 7.84. The Balaban J connectivity index is 1.33. The number of ether oxygens (including phenoxy) is 1.